The van der Waals surface area contributed by atoms with Crippen molar-refractivity contribution >= 4 is 12.4 Å². The second-order valence-corrected chi connectivity index (χ2v) is 1.27. The maximum Gasteiger partial charge on any atom is 0.0913 e. The fourth-order valence-corrected chi connectivity index (χ4v) is 0.292. The fraction of sp³-hybridized carbons (Fsp3) is 1.00. The first-order chi connectivity index (χ1) is 3.91. The summed E-state index contributed by atoms with van der Waals surface area (Å²) in [4.78, 5) is 4.22. The molecule has 0 spiro atoms. The molecular formula is C4H13ClN2O2. The third-order valence-electron chi connectivity index (χ3n) is 0.608. The highest BCUT2D eigenvalue weighted by atomic mass is 35.5. The van der Waals surface area contributed by atoms with Gasteiger partial charge in [0, 0.05) is 6.54 Å². The first-order valence-corrected chi connectivity index (χ1v) is 2.51. The molecule has 0 aliphatic heterocycles. The van der Waals surface area contributed by atoms with Gasteiger partial charge in [-0.15, -0.1) is 12.4 Å². The van der Waals surface area contributed by atoms with Crippen LogP contribution in [-0.4, -0.2) is 26.4 Å². The van der Waals surface area contributed by atoms with Crippen molar-refractivity contribution in [2.75, 3.05) is 26.4 Å². The highest BCUT2D eigenvalue weighted by molar-refractivity contribution is 5.85. The Hall–Kier alpha value is 0.130. The first-order valence-electron chi connectivity index (χ1n) is 2.51. The van der Waals surface area contributed by atoms with Crippen LogP contribution in [0, 0.1) is 0 Å². The lowest BCUT2D eigenvalue weighted by molar-refractivity contribution is 0.0508. The summed E-state index contributed by atoms with van der Waals surface area (Å²) in [6, 6.07) is 0. The molecule has 0 aromatic rings. The number of rotatable bonds is 5. The summed E-state index contributed by atoms with van der Waals surface area (Å²) in [5.41, 5.74) is 5.11. The minimum atomic E-state index is 0. The van der Waals surface area contributed by atoms with Gasteiger partial charge in [-0.05, 0) is 0 Å². The van der Waals surface area contributed by atoms with E-state index in [1.165, 1.54) is 0 Å². The quantitative estimate of drug-likeness (QED) is 0.407. The van der Waals surface area contributed by atoms with E-state index < -0.39 is 0 Å². The molecule has 0 saturated carbocycles. The summed E-state index contributed by atoms with van der Waals surface area (Å²) in [6.45, 7) is 2.07. The van der Waals surface area contributed by atoms with Crippen molar-refractivity contribution in [1.82, 2.24) is 0 Å². The molecule has 58 valence electrons. The average Bonchev–Trinajstić information content (AvgIpc) is 1.81. The molecule has 0 heterocycles. The maximum absolute atomic E-state index is 5.11. The number of halogens is 1. The van der Waals surface area contributed by atoms with Crippen molar-refractivity contribution in [3.8, 4) is 0 Å². The van der Waals surface area contributed by atoms with Crippen LogP contribution >= 0.6 is 12.4 Å². The molecule has 0 bridgehead atoms. The van der Waals surface area contributed by atoms with E-state index in [2.05, 4.69) is 4.84 Å². The van der Waals surface area contributed by atoms with Crippen molar-refractivity contribution in [3.05, 3.63) is 0 Å². The predicted octanol–water partition coefficient (Wildman–Crippen LogP) is -0.726. The van der Waals surface area contributed by atoms with Crippen molar-refractivity contribution < 1.29 is 9.57 Å². The second-order valence-electron chi connectivity index (χ2n) is 1.27. The van der Waals surface area contributed by atoms with Gasteiger partial charge in [0.25, 0.3) is 0 Å². The molecule has 4 nitrogen and oxygen atoms in total. The zero-order chi connectivity index (χ0) is 6.24. The normalized spacial score (nSPS) is 8.67. The van der Waals surface area contributed by atoms with Crippen LogP contribution in [0.2, 0.25) is 0 Å². The molecule has 0 amide bonds. The van der Waals surface area contributed by atoms with Gasteiger partial charge in [-0.2, -0.15) is 0 Å². The third-order valence-corrected chi connectivity index (χ3v) is 0.608. The van der Waals surface area contributed by atoms with Gasteiger partial charge in [0.15, 0.2) is 0 Å². The highest BCUT2D eigenvalue weighted by Crippen LogP contribution is 1.70. The van der Waals surface area contributed by atoms with E-state index in [0.717, 1.165) is 0 Å². The second kappa shape index (κ2) is 11.0. The highest BCUT2D eigenvalue weighted by Gasteiger charge is 1.82. The Labute approximate surface area is 60.8 Å². The lowest BCUT2D eigenvalue weighted by Crippen LogP contribution is -2.13. The van der Waals surface area contributed by atoms with E-state index in [0.29, 0.717) is 26.4 Å². The molecule has 0 fully saturated rings. The number of hydrogen-bond acceptors (Lipinski definition) is 4. The van der Waals surface area contributed by atoms with E-state index >= 15 is 0 Å². The summed E-state index contributed by atoms with van der Waals surface area (Å²) in [5.74, 6) is 4.70. The zero-order valence-corrected chi connectivity index (χ0v) is 6.02. The number of ether oxygens (including phenoxy) is 1. The smallest absolute Gasteiger partial charge is 0.0913 e. The first kappa shape index (κ1) is 11.9. The summed E-state index contributed by atoms with van der Waals surface area (Å²) in [5, 5.41) is 0. The Morgan fingerprint density at radius 2 is 1.78 bits per heavy atom. The molecule has 0 aliphatic carbocycles. The topological polar surface area (TPSA) is 70.5 Å². The van der Waals surface area contributed by atoms with E-state index in [9.17, 15) is 0 Å². The van der Waals surface area contributed by atoms with Gasteiger partial charge in [-0.3, -0.25) is 0 Å². The van der Waals surface area contributed by atoms with Gasteiger partial charge in [0.1, 0.15) is 0 Å². The number of nitrogens with two attached hydrogens (primary N) is 2. The van der Waals surface area contributed by atoms with Crippen LogP contribution < -0.4 is 11.6 Å². The van der Waals surface area contributed by atoms with Crippen molar-refractivity contribution in [2.45, 2.75) is 0 Å². The van der Waals surface area contributed by atoms with E-state index in [1.54, 1.807) is 0 Å². The largest absolute Gasteiger partial charge is 0.378 e. The summed E-state index contributed by atoms with van der Waals surface area (Å²) >= 11 is 0. The van der Waals surface area contributed by atoms with Crippen LogP contribution in [0.5, 0.6) is 0 Å². The molecule has 4 N–H and O–H groups in total. The average molecular weight is 157 g/mol. The van der Waals surface area contributed by atoms with Crippen LogP contribution in [0.15, 0.2) is 0 Å². The Kier molecular flexibility index (Phi) is 14.5. The maximum atomic E-state index is 5.11. The lowest BCUT2D eigenvalue weighted by atomic mass is 10.7. The molecule has 0 atom stereocenters. The molecule has 0 aromatic heterocycles. The fourth-order valence-electron chi connectivity index (χ4n) is 0.292. The van der Waals surface area contributed by atoms with Crippen molar-refractivity contribution in [3.63, 3.8) is 0 Å². The van der Waals surface area contributed by atoms with Gasteiger partial charge >= 0.3 is 0 Å². The minimum absolute atomic E-state index is 0. The van der Waals surface area contributed by atoms with Crippen LogP contribution in [0.1, 0.15) is 0 Å². The summed E-state index contributed by atoms with van der Waals surface area (Å²) < 4.78 is 4.89. The van der Waals surface area contributed by atoms with Gasteiger partial charge in [-0.25, -0.2) is 5.90 Å². The van der Waals surface area contributed by atoms with E-state index in [1.807, 2.05) is 0 Å². The molecular weight excluding hydrogens is 144 g/mol. The Balaban J connectivity index is 0. The molecule has 0 saturated heterocycles. The SMILES string of the molecule is Cl.NCCOCCON. The molecule has 5 heteroatoms. The standard InChI is InChI=1S/C4H12N2O2.ClH/c5-1-2-7-3-4-8-6;/h1-6H2;1H. The van der Waals surface area contributed by atoms with Gasteiger partial charge in [-0.1, -0.05) is 0 Å². The van der Waals surface area contributed by atoms with Crippen LogP contribution in [0.25, 0.3) is 0 Å². The Morgan fingerprint density at radius 1 is 1.11 bits per heavy atom. The number of hydrogen-bond donors (Lipinski definition) is 2. The minimum Gasteiger partial charge on any atom is -0.378 e. The van der Waals surface area contributed by atoms with Crippen LogP contribution in [-0.2, 0) is 9.57 Å². The van der Waals surface area contributed by atoms with E-state index in [4.69, 9.17) is 16.4 Å². The summed E-state index contributed by atoms with van der Waals surface area (Å²) in [7, 11) is 0. The molecule has 0 radical (unpaired) electrons. The monoisotopic (exact) mass is 156 g/mol. The predicted molar refractivity (Wildman–Crippen MR) is 37.3 cm³/mol. The van der Waals surface area contributed by atoms with Crippen molar-refractivity contribution in [1.29, 1.82) is 0 Å². The molecule has 0 rings (SSSR count). The molecule has 0 aliphatic rings. The lowest BCUT2D eigenvalue weighted by Gasteiger charge is -1.98. The van der Waals surface area contributed by atoms with Gasteiger partial charge < -0.3 is 15.3 Å². The van der Waals surface area contributed by atoms with Crippen LogP contribution in [0.4, 0.5) is 0 Å². The van der Waals surface area contributed by atoms with Crippen LogP contribution in [0.3, 0.4) is 0 Å². The van der Waals surface area contributed by atoms with E-state index in [-0.39, 0.29) is 12.4 Å². The van der Waals surface area contributed by atoms with Crippen molar-refractivity contribution in [2.24, 2.45) is 11.6 Å². The van der Waals surface area contributed by atoms with Gasteiger partial charge in [0.2, 0.25) is 0 Å². The Morgan fingerprint density at radius 3 is 2.22 bits per heavy atom. The molecule has 0 unspecified atom stereocenters. The zero-order valence-electron chi connectivity index (χ0n) is 5.21. The summed E-state index contributed by atoms with van der Waals surface area (Å²) in [6.07, 6.45) is 0. The van der Waals surface area contributed by atoms with Gasteiger partial charge in [0.05, 0.1) is 19.8 Å². The molecule has 9 heavy (non-hydrogen) atoms. The Bertz CT molecular complexity index is 41.5. The molecule has 0 aromatic carbocycles. The third kappa shape index (κ3) is 11.6.